The molecule has 0 bridgehead atoms. The van der Waals surface area contributed by atoms with Crippen molar-refractivity contribution in [2.45, 2.75) is 12.6 Å². The molecule has 0 radical (unpaired) electrons. The molecule has 0 aromatic heterocycles. The summed E-state index contributed by atoms with van der Waals surface area (Å²) < 4.78 is 5.14. The van der Waals surface area contributed by atoms with Gasteiger partial charge in [0.1, 0.15) is 0 Å². The Kier molecular flexibility index (Phi) is 2.17. The molecule has 2 rings (SSSR count). The Morgan fingerprint density at radius 3 is 3.15 bits per heavy atom. The van der Waals surface area contributed by atoms with Crippen molar-refractivity contribution >= 4 is 17.3 Å². The average Bonchev–Trinajstić information content (AvgIpc) is 2.17. The molecule has 1 unspecified atom stereocenters. The summed E-state index contributed by atoms with van der Waals surface area (Å²) in [6.07, 6.45) is -0.0125. The number of amides is 1. The van der Waals surface area contributed by atoms with Crippen molar-refractivity contribution in [2.75, 3.05) is 13.2 Å². The molecule has 0 spiro atoms. The van der Waals surface area contributed by atoms with Crippen molar-refractivity contribution in [3.05, 3.63) is 0 Å². The van der Waals surface area contributed by atoms with Gasteiger partial charge in [-0.2, -0.15) is 0 Å². The van der Waals surface area contributed by atoms with Crippen molar-refractivity contribution in [1.82, 2.24) is 5.43 Å². The van der Waals surface area contributed by atoms with Crippen LogP contribution in [0.15, 0.2) is 9.98 Å². The number of ether oxygens (including phenoxy) is 1. The number of carbonyl (C=O) groups excluding carboxylic acids is 1. The van der Waals surface area contributed by atoms with Crippen LogP contribution in [0.25, 0.3) is 0 Å². The summed E-state index contributed by atoms with van der Waals surface area (Å²) in [6.45, 7) is 1.01. The van der Waals surface area contributed by atoms with E-state index in [2.05, 4.69) is 15.4 Å². The number of nitrogens with two attached hydrogens (primary N) is 1. The Morgan fingerprint density at radius 1 is 1.54 bits per heavy atom. The van der Waals surface area contributed by atoms with Gasteiger partial charge in [0, 0.05) is 6.42 Å². The van der Waals surface area contributed by atoms with E-state index < -0.39 is 6.17 Å². The van der Waals surface area contributed by atoms with Crippen molar-refractivity contribution < 1.29 is 9.53 Å². The van der Waals surface area contributed by atoms with Gasteiger partial charge in [0.25, 0.3) is 5.91 Å². The number of carbonyl (C=O) groups is 1. The highest BCUT2D eigenvalue weighted by atomic mass is 16.5. The Morgan fingerprint density at radius 2 is 2.38 bits per heavy atom. The first kappa shape index (κ1) is 8.49. The molecule has 0 aromatic rings. The van der Waals surface area contributed by atoms with Gasteiger partial charge in [0.15, 0.2) is 6.17 Å². The normalized spacial score (nSPS) is 27.8. The number of hydrazine groups is 1. The van der Waals surface area contributed by atoms with Crippen molar-refractivity contribution in [1.29, 1.82) is 0 Å². The van der Waals surface area contributed by atoms with E-state index in [1.165, 1.54) is 0 Å². The van der Waals surface area contributed by atoms with Gasteiger partial charge in [-0.25, -0.2) is 10.4 Å². The van der Waals surface area contributed by atoms with E-state index in [0.717, 1.165) is 5.71 Å². The predicted molar refractivity (Wildman–Crippen MR) is 46.4 cm³/mol. The largest absolute Gasteiger partial charge is 0.375 e. The number of fused-ring (bicyclic) bond motifs is 1. The first-order valence-corrected chi connectivity index (χ1v) is 4.03. The zero-order chi connectivity index (χ0) is 9.26. The van der Waals surface area contributed by atoms with Gasteiger partial charge in [-0.3, -0.25) is 15.6 Å². The van der Waals surface area contributed by atoms with E-state index in [9.17, 15) is 4.79 Å². The van der Waals surface area contributed by atoms with E-state index in [1.807, 2.05) is 0 Å². The minimum Gasteiger partial charge on any atom is -0.375 e. The molecule has 6 nitrogen and oxygen atoms in total. The van der Waals surface area contributed by atoms with Crippen molar-refractivity contribution in [3.63, 3.8) is 0 Å². The van der Waals surface area contributed by atoms with Crippen LogP contribution < -0.4 is 11.3 Å². The van der Waals surface area contributed by atoms with Crippen LogP contribution in [0.4, 0.5) is 0 Å². The predicted octanol–water partition coefficient (Wildman–Crippen LogP) is -1.38. The smallest absolute Gasteiger partial charge is 0.286 e. The molecule has 2 heterocycles. The van der Waals surface area contributed by atoms with Crippen LogP contribution in [-0.4, -0.2) is 36.7 Å². The quantitative estimate of drug-likeness (QED) is 0.386. The third kappa shape index (κ3) is 1.51. The third-order valence-corrected chi connectivity index (χ3v) is 1.98. The van der Waals surface area contributed by atoms with E-state index in [-0.39, 0.29) is 5.91 Å². The fourth-order valence-corrected chi connectivity index (χ4v) is 1.31. The first-order valence-electron chi connectivity index (χ1n) is 4.03. The van der Waals surface area contributed by atoms with Crippen LogP contribution in [0.3, 0.4) is 0 Å². The number of nitrogens with one attached hydrogen (secondary N) is 1. The summed E-state index contributed by atoms with van der Waals surface area (Å²) in [5.74, 6) is 4.78. The number of hydrogen-bond donors (Lipinski definition) is 2. The lowest BCUT2D eigenvalue weighted by Crippen LogP contribution is -2.45. The van der Waals surface area contributed by atoms with Gasteiger partial charge >= 0.3 is 0 Å². The van der Waals surface area contributed by atoms with E-state index in [0.29, 0.717) is 25.3 Å². The lowest BCUT2D eigenvalue weighted by Gasteiger charge is -2.22. The summed E-state index contributed by atoms with van der Waals surface area (Å²) in [6, 6.07) is 0. The molecule has 1 amide bonds. The zero-order valence-corrected chi connectivity index (χ0v) is 6.99. The molecule has 1 saturated heterocycles. The highest BCUT2D eigenvalue weighted by Crippen LogP contribution is 2.08. The molecule has 0 aromatic carbocycles. The monoisotopic (exact) mass is 182 g/mol. The Labute approximate surface area is 74.8 Å². The molecule has 2 aliphatic rings. The van der Waals surface area contributed by atoms with Crippen LogP contribution in [0.1, 0.15) is 6.42 Å². The second-order valence-electron chi connectivity index (χ2n) is 2.84. The molecule has 1 fully saturated rings. The Hall–Kier alpha value is -1.11. The lowest BCUT2D eigenvalue weighted by molar-refractivity contribution is -0.119. The summed E-state index contributed by atoms with van der Waals surface area (Å²) in [4.78, 5) is 19.1. The molecule has 6 heteroatoms. The highest BCUT2D eigenvalue weighted by molar-refractivity contribution is 6.46. The minimum absolute atomic E-state index is 0.355. The number of nitrogens with zero attached hydrogens (tertiary/aromatic N) is 2. The van der Waals surface area contributed by atoms with Crippen molar-refractivity contribution in [2.24, 2.45) is 15.8 Å². The zero-order valence-electron chi connectivity index (χ0n) is 6.99. The van der Waals surface area contributed by atoms with Crippen LogP contribution >= 0.6 is 0 Å². The second kappa shape index (κ2) is 3.33. The summed E-state index contributed by atoms with van der Waals surface area (Å²) in [7, 11) is 0. The second-order valence-corrected chi connectivity index (χ2v) is 2.84. The SMILES string of the molecule is NNC1N=C2CCOCC2=NC1=O. The molecule has 2 aliphatic heterocycles. The molecule has 0 aliphatic carbocycles. The van der Waals surface area contributed by atoms with Gasteiger partial charge < -0.3 is 4.74 Å². The van der Waals surface area contributed by atoms with Gasteiger partial charge in [-0.1, -0.05) is 0 Å². The molecule has 3 N–H and O–H groups in total. The van der Waals surface area contributed by atoms with E-state index in [4.69, 9.17) is 10.6 Å². The molecule has 70 valence electrons. The Bertz CT molecular complexity index is 297. The first-order chi connectivity index (χ1) is 6.31. The molecular weight excluding hydrogens is 172 g/mol. The molecule has 1 atom stereocenters. The maximum absolute atomic E-state index is 11.2. The van der Waals surface area contributed by atoms with E-state index >= 15 is 0 Å². The van der Waals surface area contributed by atoms with Crippen molar-refractivity contribution in [3.8, 4) is 0 Å². The lowest BCUT2D eigenvalue weighted by atomic mass is 10.1. The number of aliphatic imine (C=N–C) groups is 2. The Balaban J connectivity index is 2.25. The fourth-order valence-electron chi connectivity index (χ4n) is 1.31. The standard InChI is InChI=1S/C7H10N4O2/c8-11-6-7(12)10-5-3-13-2-1-4(5)9-6/h6,11H,1-3,8H2. The van der Waals surface area contributed by atoms with Crippen LogP contribution in [-0.2, 0) is 9.53 Å². The molecule has 0 saturated carbocycles. The van der Waals surface area contributed by atoms with Gasteiger partial charge in [-0.05, 0) is 0 Å². The number of hydrogen-bond acceptors (Lipinski definition) is 5. The molecular formula is C7H10N4O2. The van der Waals surface area contributed by atoms with Crippen LogP contribution in [0, 0.1) is 0 Å². The van der Waals surface area contributed by atoms with Gasteiger partial charge in [-0.15, -0.1) is 0 Å². The van der Waals surface area contributed by atoms with Crippen LogP contribution in [0.5, 0.6) is 0 Å². The molecule has 13 heavy (non-hydrogen) atoms. The van der Waals surface area contributed by atoms with Gasteiger partial charge in [0.2, 0.25) is 0 Å². The fraction of sp³-hybridized carbons (Fsp3) is 0.571. The minimum atomic E-state index is -0.711. The van der Waals surface area contributed by atoms with Gasteiger partial charge in [0.05, 0.1) is 24.6 Å². The summed E-state index contributed by atoms with van der Waals surface area (Å²) in [5.41, 5.74) is 3.77. The average molecular weight is 182 g/mol. The third-order valence-electron chi connectivity index (χ3n) is 1.98. The highest BCUT2D eigenvalue weighted by Gasteiger charge is 2.26. The summed E-state index contributed by atoms with van der Waals surface area (Å²) in [5, 5.41) is 0. The van der Waals surface area contributed by atoms with Crippen LogP contribution in [0.2, 0.25) is 0 Å². The maximum atomic E-state index is 11.2. The maximum Gasteiger partial charge on any atom is 0.286 e. The summed E-state index contributed by atoms with van der Waals surface area (Å²) >= 11 is 0. The number of rotatable bonds is 1. The van der Waals surface area contributed by atoms with E-state index in [1.54, 1.807) is 0 Å². The topological polar surface area (TPSA) is 89.1 Å².